The van der Waals surface area contributed by atoms with Gasteiger partial charge in [0.05, 0.1) is 22.7 Å². The molecule has 1 atom stereocenters. The molecule has 0 spiro atoms. The standard InChI is InChI=1S/C23H18N2O4S/c1-11-7-8-17-16(9-11)20(27)18-19(14-5-4-6-15(26)10-14)25(22(28)21(18)29-17)23-24-12(2)13(3)30-23/h4-10,19,26H,1-3H3. The lowest BCUT2D eigenvalue weighted by atomic mass is 9.98. The predicted molar refractivity (Wildman–Crippen MR) is 116 cm³/mol. The highest BCUT2D eigenvalue weighted by Crippen LogP contribution is 2.43. The summed E-state index contributed by atoms with van der Waals surface area (Å²) in [6.07, 6.45) is 0. The molecule has 0 fully saturated rings. The molecule has 2 aromatic carbocycles. The zero-order valence-corrected chi connectivity index (χ0v) is 17.4. The Bertz CT molecular complexity index is 1380. The van der Waals surface area contributed by atoms with Crippen LogP contribution in [0.2, 0.25) is 0 Å². The molecular formula is C23H18N2O4S. The van der Waals surface area contributed by atoms with Crippen molar-refractivity contribution in [2.45, 2.75) is 26.8 Å². The molecule has 30 heavy (non-hydrogen) atoms. The van der Waals surface area contributed by atoms with Gasteiger partial charge in [0.2, 0.25) is 5.76 Å². The Balaban J connectivity index is 1.84. The van der Waals surface area contributed by atoms with Crippen molar-refractivity contribution in [3.05, 3.63) is 85.7 Å². The number of hydrogen-bond acceptors (Lipinski definition) is 6. The smallest absolute Gasteiger partial charge is 0.297 e. The second-order valence-corrected chi connectivity index (χ2v) is 8.67. The first-order valence-electron chi connectivity index (χ1n) is 9.49. The Hall–Kier alpha value is -3.45. The summed E-state index contributed by atoms with van der Waals surface area (Å²) >= 11 is 1.39. The molecule has 6 nitrogen and oxygen atoms in total. The molecule has 0 saturated heterocycles. The van der Waals surface area contributed by atoms with E-state index in [2.05, 4.69) is 4.98 Å². The van der Waals surface area contributed by atoms with Crippen molar-refractivity contribution in [3.8, 4) is 5.75 Å². The van der Waals surface area contributed by atoms with E-state index in [4.69, 9.17) is 4.42 Å². The predicted octanol–water partition coefficient (Wildman–Crippen LogP) is 4.63. The van der Waals surface area contributed by atoms with E-state index in [1.165, 1.54) is 16.2 Å². The number of phenols is 1. The Morgan fingerprint density at radius 3 is 2.60 bits per heavy atom. The summed E-state index contributed by atoms with van der Waals surface area (Å²) in [5.74, 6) is -0.331. The third kappa shape index (κ3) is 2.66. The fraction of sp³-hybridized carbons (Fsp3) is 0.174. The van der Waals surface area contributed by atoms with Gasteiger partial charge in [-0.15, -0.1) is 11.3 Å². The average Bonchev–Trinajstić information content (AvgIpc) is 3.19. The molecule has 1 aliphatic heterocycles. The van der Waals surface area contributed by atoms with Crippen molar-refractivity contribution >= 4 is 33.3 Å². The van der Waals surface area contributed by atoms with Gasteiger partial charge >= 0.3 is 0 Å². The van der Waals surface area contributed by atoms with Gasteiger partial charge in [0.25, 0.3) is 5.91 Å². The number of thiazole rings is 1. The van der Waals surface area contributed by atoms with Crippen LogP contribution in [0.25, 0.3) is 11.0 Å². The van der Waals surface area contributed by atoms with Crippen LogP contribution in [0.5, 0.6) is 5.75 Å². The molecule has 1 amide bonds. The SMILES string of the molecule is Cc1ccc2oc3c(c(=O)c2c1)C(c1cccc(O)c1)N(c1nc(C)c(C)s1)C3=O. The van der Waals surface area contributed by atoms with Crippen molar-refractivity contribution < 1.29 is 14.3 Å². The van der Waals surface area contributed by atoms with Crippen molar-refractivity contribution in [2.75, 3.05) is 4.90 Å². The third-order valence-corrected chi connectivity index (χ3v) is 6.51. The summed E-state index contributed by atoms with van der Waals surface area (Å²) in [6, 6.07) is 11.2. The largest absolute Gasteiger partial charge is 0.508 e. The van der Waals surface area contributed by atoms with Crippen LogP contribution in [0.3, 0.4) is 0 Å². The average molecular weight is 418 g/mol. The van der Waals surface area contributed by atoms with Crippen LogP contribution < -0.4 is 10.3 Å². The zero-order chi connectivity index (χ0) is 21.2. The van der Waals surface area contributed by atoms with Gasteiger partial charge in [-0.1, -0.05) is 23.8 Å². The number of anilines is 1. The van der Waals surface area contributed by atoms with Crippen LogP contribution in [0.15, 0.2) is 51.7 Å². The summed E-state index contributed by atoms with van der Waals surface area (Å²) in [5, 5.41) is 11.0. The maximum absolute atomic E-state index is 13.5. The maximum Gasteiger partial charge on any atom is 0.297 e. The molecule has 2 aromatic heterocycles. The molecule has 0 saturated carbocycles. The molecule has 4 aromatic rings. The summed E-state index contributed by atoms with van der Waals surface area (Å²) in [6.45, 7) is 5.72. The molecule has 3 heterocycles. The van der Waals surface area contributed by atoms with Crippen LogP contribution in [-0.2, 0) is 0 Å². The first-order valence-corrected chi connectivity index (χ1v) is 10.3. The summed E-state index contributed by atoms with van der Waals surface area (Å²) in [5.41, 5.74) is 2.77. The van der Waals surface area contributed by atoms with E-state index >= 15 is 0 Å². The number of aryl methyl sites for hydroxylation is 3. The number of aromatic hydroxyl groups is 1. The van der Waals surface area contributed by atoms with Crippen LogP contribution in [0, 0.1) is 20.8 Å². The molecule has 1 N–H and O–H groups in total. The lowest BCUT2D eigenvalue weighted by Gasteiger charge is -2.22. The molecule has 0 radical (unpaired) electrons. The highest BCUT2D eigenvalue weighted by Gasteiger charge is 2.45. The monoisotopic (exact) mass is 418 g/mol. The lowest BCUT2D eigenvalue weighted by Crippen LogP contribution is -2.29. The van der Waals surface area contributed by atoms with E-state index in [1.807, 2.05) is 26.8 Å². The van der Waals surface area contributed by atoms with Crippen molar-refractivity contribution in [1.29, 1.82) is 0 Å². The second-order valence-electron chi connectivity index (χ2n) is 7.48. The highest BCUT2D eigenvalue weighted by molar-refractivity contribution is 7.15. The third-order valence-electron chi connectivity index (χ3n) is 5.43. The number of rotatable bonds is 2. The molecule has 150 valence electrons. The molecule has 7 heteroatoms. The van der Waals surface area contributed by atoms with Crippen LogP contribution in [0.1, 0.15) is 43.9 Å². The van der Waals surface area contributed by atoms with Crippen LogP contribution >= 0.6 is 11.3 Å². The van der Waals surface area contributed by atoms with E-state index in [-0.39, 0.29) is 22.5 Å². The van der Waals surface area contributed by atoms with Gasteiger partial charge in [-0.2, -0.15) is 0 Å². The fourth-order valence-electron chi connectivity index (χ4n) is 3.85. The fourth-order valence-corrected chi connectivity index (χ4v) is 4.79. The van der Waals surface area contributed by atoms with E-state index in [0.29, 0.717) is 21.7 Å². The Morgan fingerprint density at radius 2 is 1.90 bits per heavy atom. The first kappa shape index (κ1) is 18.6. The Kier molecular flexibility index (Phi) is 4.04. The molecular weight excluding hydrogens is 400 g/mol. The number of nitrogens with zero attached hydrogens (tertiary/aromatic N) is 2. The van der Waals surface area contributed by atoms with E-state index in [0.717, 1.165) is 16.1 Å². The van der Waals surface area contributed by atoms with Crippen LogP contribution in [-0.4, -0.2) is 16.0 Å². The minimum absolute atomic E-state index is 0.0233. The topological polar surface area (TPSA) is 83.6 Å². The summed E-state index contributed by atoms with van der Waals surface area (Å²) < 4.78 is 5.95. The molecule has 5 rings (SSSR count). The van der Waals surface area contributed by atoms with Gasteiger partial charge in [0, 0.05) is 4.88 Å². The van der Waals surface area contributed by atoms with Gasteiger partial charge in [0.1, 0.15) is 11.3 Å². The van der Waals surface area contributed by atoms with Crippen LogP contribution in [0.4, 0.5) is 5.13 Å². The summed E-state index contributed by atoms with van der Waals surface area (Å²) in [7, 11) is 0. The summed E-state index contributed by atoms with van der Waals surface area (Å²) in [4.78, 5) is 34.0. The lowest BCUT2D eigenvalue weighted by molar-refractivity contribution is 0.0971. The van der Waals surface area contributed by atoms with Gasteiger partial charge in [0.15, 0.2) is 10.6 Å². The van der Waals surface area contributed by atoms with Gasteiger partial charge < -0.3 is 9.52 Å². The molecule has 1 unspecified atom stereocenters. The maximum atomic E-state index is 13.5. The number of carbonyl (C=O) groups is 1. The number of aromatic nitrogens is 1. The van der Waals surface area contributed by atoms with Crippen molar-refractivity contribution in [2.24, 2.45) is 0 Å². The van der Waals surface area contributed by atoms with E-state index < -0.39 is 11.9 Å². The van der Waals surface area contributed by atoms with Gasteiger partial charge in [-0.25, -0.2) is 4.98 Å². The number of hydrogen-bond donors (Lipinski definition) is 1. The number of fused-ring (bicyclic) bond motifs is 2. The number of phenolic OH excluding ortho intramolecular Hbond substituents is 1. The quantitative estimate of drug-likeness (QED) is 0.513. The van der Waals surface area contributed by atoms with Crippen molar-refractivity contribution in [3.63, 3.8) is 0 Å². The minimum Gasteiger partial charge on any atom is -0.508 e. The zero-order valence-electron chi connectivity index (χ0n) is 16.6. The van der Waals surface area contributed by atoms with Crippen molar-refractivity contribution in [1.82, 2.24) is 4.98 Å². The van der Waals surface area contributed by atoms with E-state index in [9.17, 15) is 14.7 Å². The van der Waals surface area contributed by atoms with E-state index in [1.54, 1.807) is 36.4 Å². The molecule has 1 aliphatic rings. The molecule has 0 aliphatic carbocycles. The number of carbonyl (C=O) groups excluding carboxylic acids is 1. The number of benzene rings is 2. The highest BCUT2D eigenvalue weighted by atomic mass is 32.1. The Labute approximate surface area is 176 Å². The van der Waals surface area contributed by atoms with Gasteiger partial charge in [-0.3, -0.25) is 14.5 Å². The number of amides is 1. The Morgan fingerprint density at radius 1 is 1.10 bits per heavy atom. The van der Waals surface area contributed by atoms with Gasteiger partial charge in [-0.05, 0) is 50.6 Å². The molecule has 0 bridgehead atoms. The second kappa shape index (κ2) is 6.53. The minimum atomic E-state index is -0.731. The first-order chi connectivity index (χ1) is 14.3. The normalized spacial score (nSPS) is 15.8.